The fraction of sp³-hybridized carbons (Fsp3) is 0.938. The van der Waals surface area contributed by atoms with Crippen molar-refractivity contribution in [1.82, 2.24) is 9.80 Å². The summed E-state index contributed by atoms with van der Waals surface area (Å²) in [5.41, 5.74) is 5.60. The topological polar surface area (TPSA) is 58.8 Å². The smallest absolute Gasteiger partial charge is 0.225 e. The molecule has 4 unspecified atom stereocenters. The molecule has 0 radical (unpaired) electrons. The van der Waals surface area contributed by atoms with Gasteiger partial charge in [0.05, 0.1) is 12.5 Å². The molecule has 1 aliphatic heterocycles. The van der Waals surface area contributed by atoms with Gasteiger partial charge in [0.1, 0.15) is 0 Å². The first kappa shape index (κ1) is 15.3. The molecule has 5 nitrogen and oxygen atoms in total. The zero-order valence-corrected chi connectivity index (χ0v) is 13.2. The normalized spacial score (nSPS) is 34.4. The number of methoxy groups -OCH3 is 1. The molecule has 21 heavy (non-hydrogen) atoms. The average Bonchev–Trinajstić information content (AvgIpc) is 3.15. The Bertz CT molecular complexity index is 365. The second kappa shape index (κ2) is 6.63. The van der Waals surface area contributed by atoms with E-state index in [0.29, 0.717) is 13.0 Å². The summed E-state index contributed by atoms with van der Waals surface area (Å²) in [5.74, 6) is 2.12. The van der Waals surface area contributed by atoms with Crippen molar-refractivity contribution < 1.29 is 9.53 Å². The Kier molecular flexibility index (Phi) is 4.82. The molecule has 0 aromatic heterocycles. The molecule has 3 rings (SSSR count). The first-order valence-electron chi connectivity index (χ1n) is 8.46. The number of carbonyl (C=O) groups is 1. The second-order valence-electron chi connectivity index (χ2n) is 6.96. The number of nitrogens with zero attached hydrogens (tertiary/aromatic N) is 2. The number of carbonyl (C=O) groups excluding carboxylic acids is 1. The summed E-state index contributed by atoms with van der Waals surface area (Å²) in [5, 5.41) is 0. The van der Waals surface area contributed by atoms with Crippen molar-refractivity contribution in [1.29, 1.82) is 0 Å². The number of amides is 1. The molecule has 2 bridgehead atoms. The third-order valence-electron chi connectivity index (χ3n) is 5.84. The van der Waals surface area contributed by atoms with Crippen LogP contribution in [-0.4, -0.2) is 67.7 Å². The van der Waals surface area contributed by atoms with E-state index < -0.39 is 0 Å². The van der Waals surface area contributed by atoms with Crippen LogP contribution in [0.15, 0.2) is 0 Å². The lowest BCUT2D eigenvalue weighted by Crippen LogP contribution is -2.53. The Hall–Kier alpha value is -0.650. The molecule has 0 aromatic rings. The predicted molar refractivity (Wildman–Crippen MR) is 81.9 cm³/mol. The van der Waals surface area contributed by atoms with E-state index in [1.54, 1.807) is 7.11 Å². The van der Waals surface area contributed by atoms with Crippen LogP contribution >= 0.6 is 0 Å². The van der Waals surface area contributed by atoms with Gasteiger partial charge in [-0.25, -0.2) is 0 Å². The van der Waals surface area contributed by atoms with Gasteiger partial charge in [0.2, 0.25) is 5.91 Å². The lowest BCUT2D eigenvalue weighted by Gasteiger charge is -2.41. The second-order valence-corrected chi connectivity index (χ2v) is 6.96. The molecule has 2 N–H and O–H groups in total. The highest BCUT2D eigenvalue weighted by Gasteiger charge is 2.42. The van der Waals surface area contributed by atoms with Gasteiger partial charge in [0.15, 0.2) is 0 Å². The number of fused-ring (bicyclic) bond motifs is 2. The predicted octanol–water partition coefficient (Wildman–Crippen LogP) is 0.683. The van der Waals surface area contributed by atoms with E-state index in [-0.39, 0.29) is 12.0 Å². The van der Waals surface area contributed by atoms with Crippen LogP contribution in [0, 0.1) is 11.8 Å². The van der Waals surface area contributed by atoms with Gasteiger partial charge in [-0.2, -0.15) is 0 Å². The minimum atomic E-state index is -0.138. The molecular weight excluding hydrogens is 266 g/mol. The van der Waals surface area contributed by atoms with Crippen molar-refractivity contribution in [3.63, 3.8) is 0 Å². The highest BCUT2D eigenvalue weighted by Crippen LogP contribution is 2.46. The van der Waals surface area contributed by atoms with Crippen LogP contribution in [-0.2, 0) is 9.53 Å². The number of ether oxygens (including phenoxy) is 1. The van der Waals surface area contributed by atoms with Gasteiger partial charge in [0.25, 0.3) is 0 Å². The van der Waals surface area contributed by atoms with Gasteiger partial charge < -0.3 is 15.4 Å². The zero-order valence-electron chi connectivity index (χ0n) is 13.2. The van der Waals surface area contributed by atoms with E-state index in [9.17, 15) is 4.79 Å². The molecular formula is C16H29N3O2. The fourth-order valence-electron chi connectivity index (χ4n) is 4.55. The summed E-state index contributed by atoms with van der Waals surface area (Å²) in [6.07, 6.45) is 6.02. The molecule has 1 amide bonds. The van der Waals surface area contributed by atoms with Crippen molar-refractivity contribution in [2.45, 2.75) is 44.2 Å². The summed E-state index contributed by atoms with van der Waals surface area (Å²) in [6, 6.07) is 0.803. The van der Waals surface area contributed by atoms with Crippen molar-refractivity contribution >= 4 is 5.91 Å². The van der Waals surface area contributed by atoms with E-state index in [4.69, 9.17) is 10.5 Å². The van der Waals surface area contributed by atoms with E-state index >= 15 is 0 Å². The van der Waals surface area contributed by atoms with Crippen LogP contribution in [0.1, 0.15) is 32.1 Å². The van der Waals surface area contributed by atoms with Gasteiger partial charge >= 0.3 is 0 Å². The van der Waals surface area contributed by atoms with Crippen LogP contribution in [0.3, 0.4) is 0 Å². The Balaban J connectivity index is 1.45. The van der Waals surface area contributed by atoms with Crippen molar-refractivity contribution in [3.05, 3.63) is 0 Å². The zero-order chi connectivity index (χ0) is 14.8. The molecule has 5 heteroatoms. The molecule has 120 valence electrons. The van der Waals surface area contributed by atoms with E-state index in [1.165, 1.54) is 25.7 Å². The summed E-state index contributed by atoms with van der Waals surface area (Å²) < 4.78 is 5.21. The molecule has 2 aliphatic carbocycles. The van der Waals surface area contributed by atoms with E-state index in [2.05, 4.69) is 4.90 Å². The van der Waals surface area contributed by atoms with E-state index in [1.807, 2.05) is 4.90 Å². The highest BCUT2D eigenvalue weighted by molar-refractivity contribution is 5.76. The maximum Gasteiger partial charge on any atom is 0.225 e. The van der Waals surface area contributed by atoms with Crippen LogP contribution in [0.5, 0.6) is 0 Å². The van der Waals surface area contributed by atoms with Crippen molar-refractivity contribution in [3.8, 4) is 0 Å². The highest BCUT2D eigenvalue weighted by atomic mass is 16.5. The van der Waals surface area contributed by atoms with Gasteiger partial charge in [-0.3, -0.25) is 9.69 Å². The minimum absolute atomic E-state index is 0.138. The molecule has 0 aromatic carbocycles. The van der Waals surface area contributed by atoms with Crippen LogP contribution in [0.25, 0.3) is 0 Å². The molecule has 3 fully saturated rings. The number of hydrogen-bond donors (Lipinski definition) is 1. The Labute approximate surface area is 127 Å². The summed E-state index contributed by atoms with van der Waals surface area (Å²) in [7, 11) is 1.62. The third-order valence-corrected chi connectivity index (χ3v) is 5.84. The lowest BCUT2D eigenvalue weighted by molar-refractivity contribution is -0.135. The molecule has 1 saturated heterocycles. The Morgan fingerprint density at radius 1 is 1.24 bits per heavy atom. The minimum Gasteiger partial charge on any atom is -0.380 e. The van der Waals surface area contributed by atoms with Crippen molar-refractivity contribution in [2.75, 3.05) is 39.8 Å². The van der Waals surface area contributed by atoms with Crippen LogP contribution in [0.2, 0.25) is 0 Å². The Morgan fingerprint density at radius 3 is 2.52 bits per heavy atom. The molecule has 4 atom stereocenters. The maximum absolute atomic E-state index is 12.3. The van der Waals surface area contributed by atoms with E-state index in [0.717, 1.165) is 44.1 Å². The number of hydrogen-bond acceptors (Lipinski definition) is 4. The SMILES string of the molecule is COC(CN)CC(=O)N1CCN(C2CC3CCC2C3)CC1. The first-order chi connectivity index (χ1) is 10.2. The summed E-state index contributed by atoms with van der Waals surface area (Å²) >= 11 is 0. The quantitative estimate of drug-likeness (QED) is 0.810. The summed E-state index contributed by atoms with van der Waals surface area (Å²) in [4.78, 5) is 16.9. The van der Waals surface area contributed by atoms with Gasteiger partial charge in [-0.15, -0.1) is 0 Å². The monoisotopic (exact) mass is 295 g/mol. The fourth-order valence-corrected chi connectivity index (χ4v) is 4.55. The number of nitrogens with two attached hydrogens (primary N) is 1. The van der Waals surface area contributed by atoms with Gasteiger partial charge in [-0.05, 0) is 31.1 Å². The third kappa shape index (κ3) is 3.25. The molecule has 1 heterocycles. The average molecular weight is 295 g/mol. The largest absolute Gasteiger partial charge is 0.380 e. The Morgan fingerprint density at radius 2 is 2.00 bits per heavy atom. The molecule has 2 saturated carbocycles. The standard InChI is InChI=1S/C16H29N3O2/c1-21-14(11-17)10-16(20)19-6-4-18(5-7-19)15-9-12-2-3-13(15)8-12/h12-15H,2-11,17H2,1H3. The first-order valence-corrected chi connectivity index (χ1v) is 8.46. The van der Waals surface area contributed by atoms with Gasteiger partial charge in [0, 0.05) is 45.9 Å². The maximum atomic E-state index is 12.3. The van der Waals surface area contributed by atoms with Crippen molar-refractivity contribution in [2.24, 2.45) is 17.6 Å². The number of rotatable bonds is 5. The van der Waals surface area contributed by atoms with Crippen LogP contribution in [0.4, 0.5) is 0 Å². The number of piperazine rings is 1. The van der Waals surface area contributed by atoms with Gasteiger partial charge in [-0.1, -0.05) is 6.42 Å². The lowest BCUT2D eigenvalue weighted by atomic mass is 9.93. The summed E-state index contributed by atoms with van der Waals surface area (Å²) in [6.45, 7) is 4.23. The molecule has 3 aliphatic rings. The molecule has 0 spiro atoms. The van der Waals surface area contributed by atoms with Crippen LogP contribution < -0.4 is 5.73 Å².